The molecule has 0 saturated carbocycles. The van der Waals surface area contributed by atoms with E-state index in [2.05, 4.69) is 34.9 Å². The fraction of sp³-hybridized carbons (Fsp3) is 0. The SMILES string of the molecule is c1ccc2c(c1)oc1c(-c3cc(-c4ccnc5c4oc4ccccc45)cc(-n4c5cccnc5c5ncccc54)c3)ccnc12. The third kappa shape index (κ3) is 3.46. The molecule has 0 amide bonds. The van der Waals surface area contributed by atoms with Crippen molar-refractivity contribution in [1.29, 1.82) is 0 Å². The molecule has 7 heteroatoms. The number of fused-ring (bicyclic) bond motifs is 9. The molecule has 10 rings (SSSR count). The van der Waals surface area contributed by atoms with Crippen molar-refractivity contribution >= 4 is 66.2 Å². The standard InChI is InChI=1S/C38H21N5O2/c1-3-11-31-27(7-1)33-37(44-31)25(13-17-41-33)22-19-23(26-14-18-42-34-28-8-2-4-12-32(28)45-38(26)34)21-24(20-22)43-29-9-5-15-39-35(29)36-30(43)10-6-16-40-36/h1-21H. The Morgan fingerprint density at radius 3 is 1.47 bits per heavy atom. The second-order valence-corrected chi connectivity index (χ2v) is 11.1. The number of aromatic nitrogens is 5. The summed E-state index contributed by atoms with van der Waals surface area (Å²) in [5.74, 6) is 0. The van der Waals surface area contributed by atoms with Crippen molar-refractivity contribution < 1.29 is 8.83 Å². The van der Waals surface area contributed by atoms with Crippen LogP contribution >= 0.6 is 0 Å². The number of pyridine rings is 4. The van der Waals surface area contributed by atoms with E-state index in [4.69, 9.17) is 28.8 Å². The molecular formula is C38H21N5O2. The van der Waals surface area contributed by atoms with Gasteiger partial charge in [-0.2, -0.15) is 0 Å². The number of rotatable bonds is 3. The van der Waals surface area contributed by atoms with Crippen LogP contribution < -0.4 is 0 Å². The quantitative estimate of drug-likeness (QED) is 0.207. The van der Waals surface area contributed by atoms with Crippen molar-refractivity contribution in [3.63, 3.8) is 0 Å². The topological polar surface area (TPSA) is 82.8 Å². The van der Waals surface area contributed by atoms with Crippen LogP contribution in [-0.4, -0.2) is 24.5 Å². The van der Waals surface area contributed by atoms with Gasteiger partial charge in [-0.05, 0) is 90.0 Å². The van der Waals surface area contributed by atoms with Gasteiger partial charge >= 0.3 is 0 Å². The van der Waals surface area contributed by atoms with Crippen molar-refractivity contribution in [2.24, 2.45) is 0 Å². The maximum absolute atomic E-state index is 6.45. The highest BCUT2D eigenvalue weighted by molar-refractivity contribution is 6.10. The van der Waals surface area contributed by atoms with Crippen LogP contribution in [0.3, 0.4) is 0 Å². The fourth-order valence-electron chi connectivity index (χ4n) is 6.64. The molecule has 210 valence electrons. The van der Waals surface area contributed by atoms with Gasteiger partial charge in [0.25, 0.3) is 0 Å². The molecular weight excluding hydrogens is 558 g/mol. The highest BCUT2D eigenvalue weighted by atomic mass is 16.3. The van der Waals surface area contributed by atoms with Gasteiger partial charge in [-0.3, -0.25) is 19.9 Å². The summed E-state index contributed by atoms with van der Waals surface area (Å²) < 4.78 is 15.1. The summed E-state index contributed by atoms with van der Waals surface area (Å²) in [5.41, 5.74) is 13.3. The Morgan fingerprint density at radius 1 is 0.444 bits per heavy atom. The third-order valence-corrected chi connectivity index (χ3v) is 8.59. The van der Waals surface area contributed by atoms with Gasteiger partial charge in [0.1, 0.15) is 33.2 Å². The lowest BCUT2D eigenvalue weighted by atomic mass is 9.97. The van der Waals surface area contributed by atoms with E-state index in [1.54, 1.807) is 0 Å². The Morgan fingerprint density at radius 2 is 0.933 bits per heavy atom. The molecule has 0 N–H and O–H groups in total. The van der Waals surface area contributed by atoms with Crippen LogP contribution in [0.25, 0.3) is 94.1 Å². The smallest absolute Gasteiger partial charge is 0.161 e. The minimum absolute atomic E-state index is 0.746. The van der Waals surface area contributed by atoms with E-state index in [9.17, 15) is 0 Å². The predicted molar refractivity (Wildman–Crippen MR) is 177 cm³/mol. The first-order valence-corrected chi connectivity index (χ1v) is 14.7. The molecule has 0 unspecified atom stereocenters. The van der Waals surface area contributed by atoms with Gasteiger partial charge in [0.05, 0.1) is 11.0 Å². The van der Waals surface area contributed by atoms with Crippen LogP contribution in [0.1, 0.15) is 0 Å². The summed E-state index contributed by atoms with van der Waals surface area (Å²) in [4.78, 5) is 18.9. The lowest BCUT2D eigenvalue weighted by Gasteiger charge is -2.14. The molecule has 7 nitrogen and oxygen atoms in total. The molecule has 0 aliphatic carbocycles. The average molecular weight is 580 g/mol. The molecule has 0 saturated heterocycles. The van der Waals surface area contributed by atoms with E-state index in [1.807, 2.05) is 97.6 Å². The van der Waals surface area contributed by atoms with E-state index in [0.717, 1.165) is 94.1 Å². The van der Waals surface area contributed by atoms with Crippen LogP contribution in [0, 0.1) is 0 Å². The normalized spacial score (nSPS) is 12.0. The molecule has 10 aromatic rings. The van der Waals surface area contributed by atoms with Crippen LogP contribution in [0.4, 0.5) is 0 Å². The highest BCUT2D eigenvalue weighted by Crippen LogP contribution is 2.41. The molecule has 0 aliphatic heterocycles. The monoisotopic (exact) mass is 579 g/mol. The van der Waals surface area contributed by atoms with E-state index >= 15 is 0 Å². The number of benzene rings is 3. The molecule has 7 heterocycles. The van der Waals surface area contributed by atoms with Crippen molar-refractivity contribution in [3.8, 4) is 27.9 Å². The first-order valence-electron chi connectivity index (χ1n) is 14.7. The molecule has 7 aromatic heterocycles. The zero-order valence-electron chi connectivity index (χ0n) is 23.7. The zero-order chi connectivity index (χ0) is 29.5. The minimum Gasteiger partial charge on any atom is -0.454 e. The number of hydrogen-bond donors (Lipinski definition) is 0. The predicted octanol–water partition coefficient (Wildman–Crippen LogP) is 9.50. The third-order valence-electron chi connectivity index (χ3n) is 8.59. The van der Waals surface area contributed by atoms with Gasteiger partial charge in [-0.25, -0.2) is 0 Å². The van der Waals surface area contributed by atoms with E-state index in [1.165, 1.54) is 0 Å². The summed E-state index contributed by atoms with van der Waals surface area (Å²) in [6, 6.07) is 34.8. The van der Waals surface area contributed by atoms with Crippen molar-refractivity contribution in [2.75, 3.05) is 0 Å². The second kappa shape index (κ2) is 9.08. The minimum atomic E-state index is 0.746. The van der Waals surface area contributed by atoms with Gasteiger partial charge in [-0.15, -0.1) is 0 Å². The summed E-state index contributed by atoms with van der Waals surface area (Å²) in [7, 11) is 0. The van der Waals surface area contributed by atoms with E-state index in [-0.39, 0.29) is 0 Å². The molecule has 3 aromatic carbocycles. The Hall–Kier alpha value is -6.34. The van der Waals surface area contributed by atoms with Gasteiger partial charge in [0, 0.05) is 52.4 Å². The lowest BCUT2D eigenvalue weighted by molar-refractivity contribution is 0.669. The van der Waals surface area contributed by atoms with Crippen LogP contribution in [0.15, 0.2) is 137 Å². The molecule has 0 spiro atoms. The molecule has 0 aliphatic rings. The van der Waals surface area contributed by atoms with Gasteiger partial charge in [0.15, 0.2) is 11.2 Å². The molecule has 0 atom stereocenters. The summed E-state index contributed by atoms with van der Waals surface area (Å²) in [6.45, 7) is 0. The Bertz CT molecular complexity index is 2600. The first-order chi connectivity index (χ1) is 22.3. The van der Waals surface area contributed by atoms with Gasteiger partial charge in [0.2, 0.25) is 0 Å². The van der Waals surface area contributed by atoms with Crippen LogP contribution in [-0.2, 0) is 0 Å². The van der Waals surface area contributed by atoms with Crippen molar-refractivity contribution in [2.45, 2.75) is 0 Å². The maximum atomic E-state index is 6.45. The second-order valence-electron chi connectivity index (χ2n) is 11.1. The molecule has 0 radical (unpaired) electrons. The number of furan rings is 2. The molecule has 0 bridgehead atoms. The van der Waals surface area contributed by atoms with E-state index < -0.39 is 0 Å². The van der Waals surface area contributed by atoms with Gasteiger partial charge in [-0.1, -0.05) is 24.3 Å². The largest absolute Gasteiger partial charge is 0.454 e. The number of para-hydroxylation sites is 2. The zero-order valence-corrected chi connectivity index (χ0v) is 23.7. The van der Waals surface area contributed by atoms with Gasteiger partial charge < -0.3 is 13.4 Å². The summed E-state index contributed by atoms with van der Waals surface area (Å²) >= 11 is 0. The molecule has 0 fully saturated rings. The first kappa shape index (κ1) is 24.1. The van der Waals surface area contributed by atoms with E-state index in [0.29, 0.717) is 0 Å². The number of hydrogen-bond acceptors (Lipinski definition) is 6. The fourth-order valence-corrected chi connectivity index (χ4v) is 6.64. The highest BCUT2D eigenvalue weighted by Gasteiger charge is 2.20. The van der Waals surface area contributed by atoms with Crippen molar-refractivity contribution in [1.82, 2.24) is 24.5 Å². The summed E-state index contributed by atoms with van der Waals surface area (Å²) in [6.07, 6.45) is 7.33. The van der Waals surface area contributed by atoms with Crippen molar-refractivity contribution in [3.05, 3.63) is 128 Å². The molecule has 45 heavy (non-hydrogen) atoms. The Balaban J connectivity index is 1.32. The Labute approximate surface area is 255 Å². The van der Waals surface area contributed by atoms with Crippen LogP contribution in [0.5, 0.6) is 0 Å². The average Bonchev–Trinajstić information content (AvgIpc) is 3.77. The maximum Gasteiger partial charge on any atom is 0.161 e. The summed E-state index contributed by atoms with van der Waals surface area (Å²) in [5, 5.41) is 1.98. The van der Waals surface area contributed by atoms with Crippen LogP contribution in [0.2, 0.25) is 0 Å². The Kier molecular flexibility index (Phi) is 4.87. The number of nitrogens with zero attached hydrogens (tertiary/aromatic N) is 5. The lowest BCUT2D eigenvalue weighted by Crippen LogP contribution is -1.96.